The molecule has 0 fully saturated rings. The van der Waals surface area contributed by atoms with Gasteiger partial charge in [-0.25, -0.2) is 4.79 Å². The first-order chi connectivity index (χ1) is 11.8. The van der Waals surface area contributed by atoms with Gasteiger partial charge in [0.15, 0.2) is 0 Å². The number of rotatable bonds is 5. The van der Waals surface area contributed by atoms with Crippen LogP contribution in [0.3, 0.4) is 0 Å². The molecule has 0 spiro atoms. The van der Waals surface area contributed by atoms with Gasteiger partial charge in [0.05, 0.1) is 10.6 Å². The molecule has 25 heavy (non-hydrogen) atoms. The van der Waals surface area contributed by atoms with Crippen molar-refractivity contribution in [3.8, 4) is 17.4 Å². The molecule has 2 rings (SSSR count). The molecule has 1 aromatic carbocycles. The standard InChI is InChI=1S/C18H15ClN2O4/c1-10(2)21-17(22)12(9-20)7-13-4-6-16(25-13)11-3-5-14(18(23)24)15(19)8-11/h3-8,10H,1-2H3,(H,21,22)(H,23,24)/b12-7-. The predicted octanol–water partition coefficient (Wildman–Crippen LogP) is 3.73. The lowest BCUT2D eigenvalue weighted by Crippen LogP contribution is -2.30. The Hall–Kier alpha value is -3.04. The highest BCUT2D eigenvalue weighted by Crippen LogP contribution is 2.28. The minimum atomic E-state index is -1.12. The van der Waals surface area contributed by atoms with Gasteiger partial charge in [-0.2, -0.15) is 5.26 Å². The number of furan rings is 1. The molecule has 0 atom stereocenters. The number of carbonyl (C=O) groups is 2. The monoisotopic (exact) mass is 358 g/mol. The molecule has 0 aliphatic heterocycles. The number of halogens is 1. The third-order valence-electron chi connectivity index (χ3n) is 3.18. The molecule has 0 radical (unpaired) electrons. The van der Waals surface area contributed by atoms with Crippen LogP contribution >= 0.6 is 11.6 Å². The zero-order valence-corrected chi connectivity index (χ0v) is 14.3. The molecule has 7 heteroatoms. The highest BCUT2D eigenvalue weighted by Gasteiger charge is 2.13. The second kappa shape index (κ2) is 7.69. The molecule has 0 saturated carbocycles. The Bertz CT molecular complexity index is 891. The maximum absolute atomic E-state index is 11.9. The van der Waals surface area contributed by atoms with Crippen molar-refractivity contribution in [1.29, 1.82) is 5.26 Å². The lowest BCUT2D eigenvalue weighted by Gasteiger charge is -2.06. The number of aromatic carboxylic acids is 1. The maximum atomic E-state index is 11.9. The molecule has 1 heterocycles. The summed E-state index contributed by atoms with van der Waals surface area (Å²) < 4.78 is 5.60. The van der Waals surface area contributed by atoms with Crippen molar-refractivity contribution in [3.63, 3.8) is 0 Å². The van der Waals surface area contributed by atoms with Crippen molar-refractivity contribution in [2.75, 3.05) is 0 Å². The first-order valence-electron chi connectivity index (χ1n) is 7.37. The summed E-state index contributed by atoms with van der Waals surface area (Å²) in [5, 5.41) is 20.8. The third kappa shape index (κ3) is 4.49. The summed E-state index contributed by atoms with van der Waals surface area (Å²) in [6, 6.07) is 9.43. The van der Waals surface area contributed by atoms with E-state index in [0.717, 1.165) is 0 Å². The summed E-state index contributed by atoms with van der Waals surface area (Å²) in [6.45, 7) is 3.59. The van der Waals surface area contributed by atoms with E-state index in [-0.39, 0.29) is 22.2 Å². The Balaban J connectivity index is 2.29. The van der Waals surface area contributed by atoms with Gasteiger partial charge in [-0.05, 0) is 38.1 Å². The molecular weight excluding hydrogens is 344 g/mol. The van der Waals surface area contributed by atoms with Gasteiger partial charge in [0.25, 0.3) is 5.91 Å². The maximum Gasteiger partial charge on any atom is 0.337 e. The summed E-state index contributed by atoms with van der Waals surface area (Å²) in [6.07, 6.45) is 1.34. The van der Waals surface area contributed by atoms with Crippen LogP contribution < -0.4 is 5.32 Å². The van der Waals surface area contributed by atoms with Crippen LogP contribution in [0.2, 0.25) is 5.02 Å². The topological polar surface area (TPSA) is 103 Å². The predicted molar refractivity (Wildman–Crippen MR) is 93.0 cm³/mol. The molecule has 0 aliphatic rings. The van der Waals surface area contributed by atoms with Gasteiger partial charge in [-0.15, -0.1) is 0 Å². The fourth-order valence-electron chi connectivity index (χ4n) is 2.06. The Morgan fingerprint density at radius 2 is 2.04 bits per heavy atom. The molecule has 0 aliphatic carbocycles. The zero-order chi connectivity index (χ0) is 18.6. The zero-order valence-electron chi connectivity index (χ0n) is 13.5. The van der Waals surface area contributed by atoms with Crippen molar-refractivity contribution >= 4 is 29.6 Å². The van der Waals surface area contributed by atoms with Crippen molar-refractivity contribution in [2.24, 2.45) is 0 Å². The number of nitriles is 1. The molecule has 2 N–H and O–H groups in total. The van der Waals surface area contributed by atoms with Crippen molar-refractivity contribution in [3.05, 3.63) is 52.3 Å². The van der Waals surface area contributed by atoms with E-state index < -0.39 is 11.9 Å². The fraction of sp³-hybridized carbons (Fsp3) is 0.167. The first-order valence-corrected chi connectivity index (χ1v) is 7.75. The van der Waals surface area contributed by atoms with Crippen LogP contribution in [0, 0.1) is 11.3 Å². The van der Waals surface area contributed by atoms with Gasteiger partial charge in [0, 0.05) is 17.7 Å². The Kier molecular flexibility index (Phi) is 5.63. The normalized spacial score (nSPS) is 11.2. The number of nitrogens with one attached hydrogen (secondary N) is 1. The van der Waals surface area contributed by atoms with E-state index in [1.165, 1.54) is 18.2 Å². The van der Waals surface area contributed by atoms with Gasteiger partial charge >= 0.3 is 5.97 Å². The summed E-state index contributed by atoms with van der Waals surface area (Å²) >= 11 is 5.95. The average Bonchev–Trinajstić information content (AvgIpc) is 3.00. The molecule has 6 nitrogen and oxygen atoms in total. The van der Waals surface area contributed by atoms with E-state index in [4.69, 9.17) is 26.4 Å². The lowest BCUT2D eigenvalue weighted by atomic mass is 10.1. The molecular formula is C18H15ClN2O4. The quantitative estimate of drug-likeness (QED) is 0.626. The number of carboxylic acid groups (broad SMARTS) is 1. The Labute approximate surface area is 149 Å². The van der Waals surface area contributed by atoms with E-state index in [1.54, 1.807) is 32.0 Å². The minimum absolute atomic E-state index is 0.00536. The number of benzene rings is 1. The molecule has 1 aromatic heterocycles. The largest absolute Gasteiger partial charge is 0.478 e. The highest BCUT2D eigenvalue weighted by molar-refractivity contribution is 6.33. The number of carboxylic acids is 1. The van der Waals surface area contributed by atoms with Crippen LogP contribution in [0.25, 0.3) is 17.4 Å². The van der Waals surface area contributed by atoms with E-state index in [9.17, 15) is 9.59 Å². The number of carbonyl (C=O) groups excluding carboxylic acids is 1. The molecule has 0 bridgehead atoms. The van der Waals surface area contributed by atoms with Crippen molar-refractivity contribution in [2.45, 2.75) is 19.9 Å². The van der Waals surface area contributed by atoms with E-state index in [1.807, 2.05) is 6.07 Å². The van der Waals surface area contributed by atoms with Crippen LogP contribution in [0.5, 0.6) is 0 Å². The van der Waals surface area contributed by atoms with Crippen molar-refractivity contribution in [1.82, 2.24) is 5.32 Å². The molecule has 128 valence electrons. The van der Waals surface area contributed by atoms with Gasteiger partial charge < -0.3 is 14.8 Å². The summed E-state index contributed by atoms with van der Waals surface area (Å²) in [5.74, 6) is -0.839. The smallest absolute Gasteiger partial charge is 0.337 e. The van der Waals surface area contributed by atoms with Gasteiger partial charge in [0.1, 0.15) is 23.2 Å². The average molecular weight is 359 g/mol. The van der Waals surface area contributed by atoms with Crippen LogP contribution in [0.4, 0.5) is 0 Å². The van der Waals surface area contributed by atoms with Gasteiger partial charge in [-0.1, -0.05) is 17.7 Å². The van der Waals surface area contributed by atoms with Crippen LogP contribution in [-0.4, -0.2) is 23.0 Å². The molecule has 0 unspecified atom stereocenters. The Morgan fingerprint density at radius 1 is 1.32 bits per heavy atom. The fourth-order valence-corrected chi connectivity index (χ4v) is 2.32. The lowest BCUT2D eigenvalue weighted by molar-refractivity contribution is -0.117. The Morgan fingerprint density at radius 3 is 2.60 bits per heavy atom. The number of hydrogen-bond donors (Lipinski definition) is 2. The number of nitrogens with zero attached hydrogens (tertiary/aromatic N) is 1. The minimum Gasteiger partial charge on any atom is -0.478 e. The van der Waals surface area contributed by atoms with Crippen molar-refractivity contribution < 1.29 is 19.1 Å². The van der Waals surface area contributed by atoms with E-state index in [2.05, 4.69) is 5.32 Å². The van der Waals surface area contributed by atoms with Gasteiger partial charge in [-0.3, -0.25) is 4.79 Å². The third-order valence-corrected chi connectivity index (χ3v) is 3.49. The number of hydrogen-bond acceptors (Lipinski definition) is 4. The highest BCUT2D eigenvalue weighted by atomic mass is 35.5. The second-order valence-electron chi connectivity index (χ2n) is 5.50. The summed E-state index contributed by atoms with van der Waals surface area (Å²) in [7, 11) is 0. The summed E-state index contributed by atoms with van der Waals surface area (Å²) in [4.78, 5) is 22.9. The molecule has 2 aromatic rings. The summed E-state index contributed by atoms with van der Waals surface area (Å²) in [5.41, 5.74) is 0.503. The van der Waals surface area contributed by atoms with Crippen LogP contribution in [0.15, 0.2) is 40.3 Å². The van der Waals surface area contributed by atoms with E-state index in [0.29, 0.717) is 17.1 Å². The molecule has 1 amide bonds. The van der Waals surface area contributed by atoms with Gasteiger partial charge in [0.2, 0.25) is 0 Å². The molecule has 0 saturated heterocycles. The van der Waals surface area contributed by atoms with Crippen LogP contribution in [-0.2, 0) is 4.79 Å². The van der Waals surface area contributed by atoms with E-state index >= 15 is 0 Å². The number of amides is 1. The second-order valence-corrected chi connectivity index (χ2v) is 5.91. The SMILES string of the molecule is CC(C)NC(=O)/C(C#N)=C\c1ccc(-c2ccc(C(=O)O)c(Cl)c2)o1. The first kappa shape index (κ1) is 18.3. The van der Waals surface area contributed by atoms with Crippen LogP contribution in [0.1, 0.15) is 30.0 Å².